The number of benzene rings is 1. The van der Waals surface area contributed by atoms with Gasteiger partial charge >= 0.3 is 0 Å². The first kappa shape index (κ1) is 15.4. The summed E-state index contributed by atoms with van der Waals surface area (Å²) in [6.07, 6.45) is 3.16. The van der Waals surface area contributed by atoms with Crippen molar-refractivity contribution in [2.45, 2.75) is 31.6 Å². The number of aliphatic imine (C=N–C) groups is 1. The number of non-ortho nitro benzene ring substituents is 1. The fourth-order valence-electron chi connectivity index (χ4n) is 3.56. The molecular weight excluding hydrogens is 326 g/mol. The van der Waals surface area contributed by atoms with Crippen molar-refractivity contribution in [2.75, 3.05) is 0 Å². The summed E-state index contributed by atoms with van der Waals surface area (Å²) in [5.74, 6) is 1.02. The second kappa shape index (κ2) is 5.73. The van der Waals surface area contributed by atoms with Crippen molar-refractivity contribution < 1.29 is 9.72 Å². The smallest absolute Gasteiger partial charge is 0.269 e. The Morgan fingerprint density at radius 2 is 2.08 bits per heavy atom. The molecule has 0 radical (unpaired) electrons. The number of allylic oxidation sites excluding steroid dienone is 1. The van der Waals surface area contributed by atoms with Gasteiger partial charge in [-0.25, -0.2) is 0 Å². The van der Waals surface area contributed by atoms with Gasteiger partial charge in [-0.2, -0.15) is 0 Å². The van der Waals surface area contributed by atoms with Gasteiger partial charge in [0.25, 0.3) is 5.69 Å². The summed E-state index contributed by atoms with van der Waals surface area (Å²) in [7, 11) is 0. The number of thioether (sulfide) groups is 1. The van der Waals surface area contributed by atoms with E-state index in [1.807, 2.05) is 0 Å². The third-order valence-corrected chi connectivity index (χ3v) is 6.19. The monoisotopic (exact) mass is 343 g/mol. The molecule has 1 aliphatic carbocycles. The van der Waals surface area contributed by atoms with Gasteiger partial charge in [-0.15, -0.1) is 11.8 Å². The minimum absolute atomic E-state index is 0.00425. The van der Waals surface area contributed by atoms with E-state index >= 15 is 0 Å². The highest BCUT2D eigenvalue weighted by Crippen LogP contribution is 2.51. The second-order valence-corrected chi connectivity index (χ2v) is 7.76. The van der Waals surface area contributed by atoms with Crippen LogP contribution in [0.3, 0.4) is 0 Å². The number of nitro benzene ring substituents is 1. The molecule has 0 saturated carbocycles. The molecule has 0 fully saturated rings. The molecule has 4 rings (SSSR count). The Hall–Kier alpha value is -2.15. The maximum absolute atomic E-state index is 12.6. The number of carbonyl (C=O) groups is 1. The van der Waals surface area contributed by atoms with Crippen LogP contribution in [0.1, 0.15) is 31.7 Å². The predicted octanol–water partition coefficient (Wildman–Crippen LogP) is 3.23. The third kappa shape index (κ3) is 2.53. The van der Waals surface area contributed by atoms with Crippen molar-refractivity contribution in [1.82, 2.24) is 5.32 Å². The Morgan fingerprint density at radius 3 is 2.79 bits per heavy atom. The molecule has 24 heavy (non-hydrogen) atoms. The number of nitrogens with zero attached hydrogens (tertiary/aromatic N) is 2. The second-order valence-electron chi connectivity index (χ2n) is 6.55. The molecule has 3 aliphatic rings. The summed E-state index contributed by atoms with van der Waals surface area (Å²) >= 11 is 1.72. The molecule has 1 amide bonds. The lowest BCUT2D eigenvalue weighted by atomic mass is 9.84. The number of nitro groups is 1. The van der Waals surface area contributed by atoms with Gasteiger partial charge in [-0.05, 0) is 47.8 Å². The van der Waals surface area contributed by atoms with Crippen LogP contribution in [-0.2, 0) is 4.79 Å². The molecule has 1 aromatic rings. The summed E-state index contributed by atoms with van der Waals surface area (Å²) in [4.78, 5) is 29.0. The summed E-state index contributed by atoms with van der Waals surface area (Å²) in [5, 5.41) is 13.6. The predicted molar refractivity (Wildman–Crippen MR) is 92.7 cm³/mol. The summed E-state index contributed by atoms with van der Waals surface area (Å²) < 4.78 is 0. The van der Waals surface area contributed by atoms with Gasteiger partial charge < -0.3 is 5.32 Å². The van der Waals surface area contributed by atoms with E-state index in [-0.39, 0.29) is 22.9 Å². The van der Waals surface area contributed by atoms with Gasteiger partial charge in [0.05, 0.1) is 10.8 Å². The number of hydrogen-bond acceptors (Lipinski definition) is 5. The van der Waals surface area contributed by atoms with Crippen molar-refractivity contribution in [2.24, 2.45) is 16.8 Å². The van der Waals surface area contributed by atoms with Gasteiger partial charge in [-0.3, -0.25) is 19.9 Å². The van der Waals surface area contributed by atoms with Gasteiger partial charge in [0.15, 0.2) is 0 Å². The molecular formula is C17H17N3O3S. The molecule has 7 heteroatoms. The van der Waals surface area contributed by atoms with Crippen LogP contribution in [0, 0.1) is 22.0 Å². The fraction of sp³-hybridized carbons (Fsp3) is 0.412. The number of amides is 1. The fourth-order valence-corrected chi connectivity index (χ4v) is 5.19. The van der Waals surface area contributed by atoms with E-state index in [4.69, 9.17) is 4.99 Å². The van der Waals surface area contributed by atoms with Gasteiger partial charge in [0.2, 0.25) is 5.91 Å². The number of fused-ring (bicyclic) bond motifs is 2. The van der Waals surface area contributed by atoms with Crippen molar-refractivity contribution in [3.05, 3.63) is 50.4 Å². The number of amidine groups is 1. The zero-order valence-corrected chi connectivity index (χ0v) is 14.0. The first-order valence-corrected chi connectivity index (χ1v) is 8.93. The number of carbonyl (C=O) groups excluding carboxylic acids is 1. The van der Waals surface area contributed by atoms with E-state index in [1.54, 1.807) is 23.9 Å². The largest absolute Gasteiger partial charge is 0.310 e. The number of hydrogen-bond donors (Lipinski definition) is 1. The van der Waals surface area contributed by atoms with E-state index in [0.29, 0.717) is 17.3 Å². The highest BCUT2D eigenvalue weighted by molar-refractivity contribution is 8.04. The highest BCUT2D eigenvalue weighted by Gasteiger charge is 2.44. The maximum atomic E-state index is 12.6. The Bertz CT molecular complexity index is 785. The van der Waals surface area contributed by atoms with E-state index in [2.05, 4.69) is 12.2 Å². The third-order valence-electron chi connectivity index (χ3n) is 4.85. The Kier molecular flexibility index (Phi) is 3.68. The molecule has 1 N–H and O–H groups in total. The van der Waals surface area contributed by atoms with Crippen LogP contribution >= 0.6 is 11.8 Å². The van der Waals surface area contributed by atoms with Crippen LogP contribution in [0.25, 0.3) is 0 Å². The molecule has 0 aromatic heterocycles. The zero-order chi connectivity index (χ0) is 16.8. The molecule has 1 aromatic carbocycles. The maximum Gasteiger partial charge on any atom is 0.269 e. The molecule has 3 atom stereocenters. The SMILES string of the molecule is C[C@H]1CCC2=C(C1)S[C@H]1N=C(c3ccc([N+](=O)[O-])cc3)NC(=O)[C@H]21. The average molecular weight is 343 g/mol. The lowest BCUT2D eigenvalue weighted by Gasteiger charge is -2.26. The molecule has 6 nitrogen and oxygen atoms in total. The zero-order valence-electron chi connectivity index (χ0n) is 13.2. The Balaban J connectivity index is 1.62. The molecule has 0 unspecified atom stereocenters. The van der Waals surface area contributed by atoms with Crippen LogP contribution in [0.5, 0.6) is 0 Å². The summed E-state index contributed by atoms with van der Waals surface area (Å²) in [5.41, 5.74) is 2.00. The van der Waals surface area contributed by atoms with Crippen LogP contribution in [0.15, 0.2) is 39.7 Å². The Labute approximate surface area is 143 Å². The first-order valence-electron chi connectivity index (χ1n) is 8.05. The van der Waals surface area contributed by atoms with Gasteiger partial charge in [-0.1, -0.05) is 6.92 Å². The van der Waals surface area contributed by atoms with Crippen LogP contribution in [0.2, 0.25) is 0 Å². The molecule has 2 aliphatic heterocycles. The molecule has 0 saturated heterocycles. The van der Waals surface area contributed by atoms with Crippen molar-refractivity contribution in [1.29, 1.82) is 0 Å². The number of rotatable bonds is 2. The molecule has 0 spiro atoms. The highest BCUT2D eigenvalue weighted by atomic mass is 32.2. The summed E-state index contributed by atoms with van der Waals surface area (Å²) in [6.45, 7) is 2.25. The Morgan fingerprint density at radius 1 is 1.33 bits per heavy atom. The minimum atomic E-state index is -0.437. The quantitative estimate of drug-likeness (QED) is 0.660. The normalized spacial score (nSPS) is 28.8. The van der Waals surface area contributed by atoms with E-state index in [9.17, 15) is 14.9 Å². The lowest BCUT2D eigenvalue weighted by molar-refractivity contribution is -0.384. The summed E-state index contributed by atoms with van der Waals surface area (Å²) in [6, 6.07) is 6.13. The molecule has 0 bridgehead atoms. The average Bonchev–Trinajstić information content (AvgIpc) is 2.92. The standard InChI is InChI=1S/C17H17N3O3S/c1-9-2-7-12-13(8-9)24-17-14(12)16(21)18-15(19-17)10-3-5-11(6-4-10)20(22)23/h3-6,9,14,17H,2,7-8H2,1H3,(H,18,19,21)/t9-,14-,17+/m0/s1. The van der Waals surface area contributed by atoms with Crippen molar-refractivity contribution in [3.8, 4) is 0 Å². The van der Waals surface area contributed by atoms with E-state index in [0.717, 1.165) is 19.3 Å². The van der Waals surface area contributed by atoms with Crippen molar-refractivity contribution >= 4 is 29.2 Å². The molecule has 2 heterocycles. The first-order chi connectivity index (χ1) is 11.5. The number of nitrogens with one attached hydrogen (secondary N) is 1. The minimum Gasteiger partial charge on any atom is -0.310 e. The van der Waals surface area contributed by atoms with Crippen molar-refractivity contribution in [3.63, 3.8) is 0 Å². The van der Waals surface area contributed by atoms with Crippen LogP contribution < -0.4 is 5.32 Å². The van der Waals surface area contributed by atoms with E-state index < -0.39 is 4.92 Å². The topological polar surface area (TPSA) is 84.6 Å². The lowest BCUT2D eigenvalue weighted by Crippen LogP contribution is -2.44. The molecule has 124 valence electrons. The van der Waals surface area contributed by atoms with Gasteiger partial charge in [0, 0.05) is 17.7 Å². The van der Waals surface area contributed by atoms with Crippen LogP contribution in [0.4, 0.5) is 5.69 Å². The van der Waals surface area contributed by atoms with Gasteiger partial charge in [0.1, 0.15) is 11.2 Å². The van der Waals surface area contributed by atoms with E-state index in [1.165, 1.54) is 22.6 Å². The van der Waals surface area contributed by atoms with Crippen LogP contribution in [-0.4, -0.2) is 22.0 Å².